The van der Waals surface area contributed by atoms with E-state index in [2.05, 4.69) is 11.8 Å². The average molecular weight is 214 g/mol. The Labute approximate surface area is 91.4 Å². The predicted molar refractivity (Wildman–Crippen MR) is 59.7 cm³/mol. The minimum atomic E-state index is -0.680. The Morgan fingerprint density at radius 3 is 2.87 bits per heavy atom. The van der Waals surface area contributed by atoms with Gasteiger partial charge in [0.1, 0.15) is 6.04 Å². The van der Waals surface area contributed by atoms with Crippen LogP contribution in [0.3, 0.4) is 0 Å². The van der Waals surface area contributed by atoms with Crippen molar-refractivity contribution in [1.82, 2.24) is 4.90 Å². The van der Waals surface area contributed by atoms with Gasteiger partial charge in [0, 0.05) is 6.54 Å². The van der Waals surface area contributed by atoms with Crippen molar-refractivity contribution in [3.8, 4) is 0 Å². The van der Waals surface area contributed by atoms with E-state index >= 15 is 0 Å². The summed E-state index contributed by atoms with van der Waals surface area (Å²) in [6.45, 7) is 4.52. The van der Waals surface area contributed by atoms with Gasteiger partial charge < -0.3 is 10.8 Å². The molecule has 0 saturated carbocycles. The highest BCUT2D eigenvalue weighted by molar-refractivity contribution is 5.73. The summed E-state index contributed by atoms with van der Waals surface area (Å²) in [5, 5.41) is 9.15. The molecule has 0 aromatic carbocycles. The summed E-state index contributed by atoms with van der Waals surface area (Å²) in [7, 11) is 0. The maximum Gasteiger partial charge on any atom is 0.320 e. The molecule has 0 amide bonds. The lowest BCUT2D eigenvalue weighted by Crippen LogP contribution is -2.40. The van der Waals surface area contributed by atoms with Gasteiger partial charge in [0.15, 0.2) is 0 Å². The summed E-state index contributed by atoms with van der Waals surface area (Å²) in [4.78, 5) is 13.2. The van der Waals surface area contributed by atoms with Crippen molar-refractivity contribution >= 4 is 5.97 Å². The lowest BCUT2D eigenvalue weighted by atomic mass is 10.1. The van der Waals surface area contributed by atoms with Gasteiger partial charge in [0.05, 0.1) is 0 Å². The molecule has 2 atom stereocenters. The zero-order valence-electron chi connectivity index (χ0n) is 9.48. The van der Waals surface area contributed by atoms with E-state index in [0.717, 1.165) is 38.8 Å². The molecule has 0 aliphatic carbocycles. The fourth-order valence-electron chi connectivity index (χ4n) is 2.20. The van der Waals surface area contributed by atoms with Crippen molar-refractivity contribution in [2.45, 2.75) is 38.6 Å². The van der Waals surface area contributed by atoms with E-state index in [1.54, 1.807) is 0 Å². The first-order chi connectivity index (χ1) is 7.19. The third kappa shape index (κ3) is 3.47. The van der Waals surface area contributed by atoms with Crippen molar-refractivity contribution < 1.29 is 9.90 Å². The van der Waals surface area contributed by atoms with Crippen LogP contribution in [-0.4, -0.2) is 41.7 Å². The molecule has 4 heteroatoms. The van der Waals surface area contributed by atoms with E-state index < -0.39 is 5.97 Å². The summed E-state index contributed by atoms with van der Waals surface area (Å²) >= 11 is 0. The van der Waals surface area contributed by atoms with E-state index in [1.807, 2.05) is 0 Å². The first kappa shape index (κ1) is 12.5. The predicted octanol–water partition coefficient (Wildman–Crippen LogP) is 0.910. The molecule has 1 aliphatic heterocycles. The maximum atomic E-state index is 11.1. The van der Waals surface area contributed by atoms with Gasteiger partial charge in [0.25, 0.3) is 0 Å². The number of hydrogen-bond acceptors (Lipinski definition) is 3. The second-order valence-corrected chi connectivity index (χ2v) is 4.38. The molecule has 1 rings (SSSR count). The van der Waals surface area contributed by atoms with Gasteiger partial charge in [-0.25, -0.2) is 0 Å². The number of aliphatic carboxylic acids is 1. The molecule has 2 unspecified atom stereocenters. The molecule has 0 aromatic rings. The number of carboxylic acid groups (broad SMARTS) is 1. The molecule has 0 aromatic heterocycles. The molecule has 1 fully saturated rings. The summed E-state index contributed by atoms with van der Waals surface area (Å²) in [6.07, 6.45) is 3.86. The second-order valence-electron chi connectivity index (χ2n) is 4.38. The molecular formula is C11H22N2O2. The van der Waals surface area contributed by atoms with Gasteiger partial charge in [-0.3, -0.25) is 9.69 Å². The molecule has 0 bridgehead atoms. The van der Waals surface area contributed by atoms with Crippen LogP contribution in [-0.2, 0) is 4.79 Å². The van der Waals surface area contributed by atoms with Gasteiger partial charge in [-0.15, -0.1) is 0 Å². The van der Waals surface area contributed by atoms with Crippen LogP contribution < -0.4 is 5.73 Å². The number of rotatable bonds is 6. The van der Waals surface area contributed by atoms with E-state index in [1.165, 1.54) is 0 Å². The third-order valence-corrected chi connectivity index (χ3v) is 3.21. The van der Waals surface area contributed by atoms with Gasteiger partial charge in [0.2, 0.25) is 0 Å². The van der Waals surface area contributed by atoms with Crippen molar-refractivity contribution in [2.24, 2.45) is 11.7 Å². The highest BCUT2D eigenvalue weighted by Crippen LogP contribution is 2.20. The Balaban J connectivity index is 2.46. The van der Waals surface area contributed by atoms with Gasteiger partial charge in [-0.1, -0.05) is 19.8 Å². The molecule has 15 heavy (non-hydrogen) atoms. The Hall–Kier alpha value is -0.610. The van der Waals surface area contributed by atoms with E-state index in [-0.39, 0.29) is 6.04 Å². The second kappa shape index (κ2) is 6.08. The van der Waals surface area contributed by atoms with Crippen molar-refractivity contribution in [3.05, 3.63) is 0 Å². The lowest BCUT2D eigenvalue weighted by Gasteiger charge is -2.24. The van der Waals surface area contributed by atoms with E-state index in [9.17, 15) is 4.79 Å². The summed E-state index contributed by atoms with van der Waals surface area (Å²) in [6, 6.07) is -0.290. The number of unbranched alkanes of at least 4 members (excludes halogenated alkanes) is 1. The number of likely N-dealkylation sites (tertiary alicyclic amines) is 1. The summed E-state index contributed by atoms with van der Waals surface area (Å²) in [5.41, 5.74) is 5.60. The SMILES string of the molecule is CCCCC(C(=O)O)N1CCC(CN)C1. The first-order valence-electron chi connectivity index (χ1n) is 5.86. The molecule has 0 radical (unpaired) electrons. The fraction of sp³-hybridized carbons (Fsp3) is 0.909. The van der Waals surface area contributed by atoms with Gasteiger partial charge in [-0.05, 0) is 31.8 Å². The van der Waals surface area contributed by atoms with Gasteiger partial charge >= 0.3 is 5.97 Å². The normalized spacial score (nSPS) is 24.3. The van der Waals surface area contributed by atoms with E-state index in [4.69, 9.17) is 10.8 Å². The first-order valence-corrected chi connectivity index (χ1v) is 5.86. The van der Waals surface area contributed by atoms with Gasteiger partial charge in [-0.2, -0.15) is 0 Å². The number of carboxylic acids is 1. The van der Waals surface area contributed by atoms with Crippen LogP contribution >= 0.6 is 0 Å². The summed E-state index contributed by atoms with van der Waals surface area (Å²) in [5.74, 6) is -0.186. The zero-order valence-corrected chi connectivity index (χ0v) is 9.48. The molecule has 1 heterocycles. The smallest absolute Gasteiger partial charge is 0.320 e. The zero-order chi connectivity index (χ0) is 11.3. The lowest BCUT2D eigenvalue weighted by molar-refractivity contribution is -0.143. The van der Waals surface area contributed by atoms with Crippen LogP contribution in [0, 0.1) is 5.92 Å². The molecule has 0 spiro atoms. The molecule has 1 aliphatic rings. The minimum absolute atomic E-state index is 0.290. The van der Waals surface area contributed by atoms with Crippen LogP contribution in [0.4, 0.5) is 0 Å². The van der Waals surface area contributed by atoms with Crippen LogP contribution in [0.15, 0.2) is 0 Å². The standard InChI is InChI=1S/C11H22N2O2/c1-2-3-4-10(11(14)15)13-6-5-9(7-12)8-13/h9-10H,2-8,12H2,1H3,(H,14,15). The molecular weight excluding hydrogens is 192 g/mol. The quantitative estimate of drug-likeness (QED) is 0.689. The Bertz CT molecular complexity index is 209. The largest absolute Gasteiger partial charge is 0.480 e. The molecule has 3 N–H and O–H groups in total. The topological polar surface area (TPSA) is 66.6 Å². The molecule has 88 valence electrons. The summed E-state index contributed by atoms with van der Waals surface area (Å²) < 4.78 is 0. The van der Waals surface area contributed by atoms with Crippen molar-refractivity contribution in [3.63, 3.8) is 0 Å². The highest BCUT2D eigenvalue weighted by atomic mass is 16.4. The average Bonchev–Trinajstić information content (AvgIpc) is 2.66. The Kier molecular flexibility index (Phi) is 5.05. The monoisotopic (exact) mass is 214 g/mol. The van der Waals surface area contributed by atoms with Crippen molar-refractivity contribution in [1.29, 1.82) is 0 Å². The fourth-order valence-corrected chi connectivity index (χ4v) is 2.20. The van der Waals surface area contributed by atoms with Crippen LogP contribution in [0.2, 0.25) is 0 Å². The molecule has 1 saturated heterocycles. The van der Waals surface area contributed by atoms with Crippen LogP contribution in [0.25, 0.3) is 0 Å². The molecule has 4 nitrogen and oxygen atoms in total. The number of nitrogens with zero attached hydrogens (tertiary/aromatic N) is 1. The Morgan fingerprint density at radius 2 is 2.40 bits per heavy atom. The Morgan fingerprint density at radius 1 is 1.67 bits per heavy atom. The number of carbonyl (C=O) groups is 1. The number of hydrogen-bond donors (Lipinski definition) is 2. The van der Waals surface area contributed by atoms with Crippen LogP contribution in [0.5, 0.6) is 0 Å². The van der Waals surface area contributed by atoms with E-state index in [0.29, 0.717) is 12.5 Å². The minimum Gasteiger partial charge on any atom is -0.480 e. The highest BCUT2D eigenvalue weighted by Gasteiger charge is 2.31. The number of nitrogens with two attached hydrogens (primary N) is 1. The maximum absolute atomic E-state index is 11.1. The van der Waals surface area contributed by atoms with Crippen molar-refractivity contribution in [2.75, 3.05) is 19.6 Å². The van der Waals surface area contributed by atoms with Crippen LogP contribution in [0.1, 0.15) is 32.6 Å². The third-order valence-electron chi connectivity index (χ3n) is 3.21.